The van der Waals surface area contributed by atoms with Gasteiger partial charge in [-0.25, -0.2) is 0 Å². The van der Waals surface area contributed by atoms with Gasteiger partial charge in [-0.15, -0.1) is 0 Å². The highest BCUT2D eigenvalue weighted by molar-refractivity contribution is 9.10. The molecule has 3 nitrogen and oxygen atoms in total. The van der Waals surface area contributed by atoms with E-state index in [0.717, 1.165) is 5.56 Å². The minimum Gasteiger partial charge on any atom is -0.434 e. The van der Waals surface area contributed by atoms with Crippen LogP contribution in [0.5, 0.6) is 5.75 Å². The lowest BCUT2D eigenvalue weighted by Crippen LogP contribution is -2.03. The predicted molar refractivity (Wildman–Crippen MR) is 67.7 cm³/mol. The summed E-state index contributed by atoms with van der Waals surface area (Å²) in [7, 11) is 0. The second-order valence-electron chi connectivity index (χ2n) is 3.96. The Kier molecular flexibility index (Phi) is 3.96. The molecule has 0 radical (unpaired) electrons. The molecule has 98 valence electrons. The van der Waals surface area contributed by atoms with Crippen molar-refractivity contribution < 1.29 is 18.3 Å². The number of carbonyl (C=O) groups is 1. The summed E-state index contributed by atoms with van der Waals surface area (Å²) in [4.78, 5) is 11.6. The maximum Gasteiger partial charge on any atom is 0.387 e. The van der Waals surface area contributed by atoms with Gasteiger partial charge in [0.1, 0.15) is 5.75 Å². The van der Waals surface area contributed by atoms with Crippen LogP contribution >= 0.6 is 15.9 Å². The monoisotopic (exact) mass is 327 g/mol. The SMILES string of the molecule is N#CCC(=O)C1=Cc2cc(OC(F)F)c(Br)cc2C1. The van der Waals surface area contributed by atoms with E-state index in [9.17, 15) is 13.6 Å². The molecule has 0 bridgehead atoms. The molecule has 0 saturated heterocycles. The smallest absolute Gasteiger partial charge is 0.387 e. The largest absolute Gasteiger partial charge is 0.434 e. The fourth-order valence-electron chi connectivity index (χ4n) is 1.89. The number of nitrogens with zero attached hydrogens (tertiary/aromatic N) is 1. The third-order valence-corrected chi connectivity index (χ3v) is 3.34. The standard InChI is InChI=1S/C13H8BrF2NO2/c14-10-5-7-3-9(11(18)1-2-17)4-8(7)6-12(10)19-13(15)16/h4-6,13H,1,3H2. The highest BCUT2D eigenvalue weighted by Crippen LogP contribution is 2.35. The van der Waals surface area contributed by atoms with Gasteiger partial charge in [-0.3, -0.25) is 4.79 Å². The molecule has 6 heteroatoms. The van der Waals surface area contributed by atoms with Gasteiger partial charge in [0.05, 0.1) is 17.0 Å². The zero-order valence-electron chi connectivity index (χ0n) is 9.62. The van der Waals surface area contributed by atoms with Gasteiger partial charge < -0.3 is 4.74 Å². The van der Waals surface area contributed by atoms with Gasteiger partial charge in [-0.1, -0.05) is 0 Å². The van der Waals surface area contributed by atoms with E-state index in [4.69, 9.17) is 5.26 Å². The number of nitriles is 1. The molecule has 0 heterocycles. The minimum atomic E-state index is -2.90. The molecule has 0 unspecified atom stereocenters. The van der Waals surface area contributed by atoms with Crippen molar-refractivity contribution in [1.82, 2.24) is 0 Å². The molecule has 0 spiro atoms. The third kappa shape index (κ3) is 2.99. The number of ether oxygens (including phenoxy) is 1. The van der Waals surface area contributed by atoms with E-state index < -0.39 is 6.61 Å². The predicted octanol–water partition coefficient (Wildman–Crippen LogP) is 3.47. The average Bonchev–Trinajstić information content (AvgIpc) is 2.72. The molecule has 0 saturated carbocycles. The maximum absolute atomic E-state index is 12.2. The van der Waals surface area contributed by atoms with Crippen LogP contribution in [0.2, 0.25) is 0 Å². The normalized spacial score (nSPS) is 12.9. The number of halogens is 3. The van der Waals surface area contributed by atoms with Crippen molar-refractivity contribution in [2.45, 2.75) is 19.5 Å². The molecule has 1 aliphatic carbocycles. The van der Waals surface area contributed by atoms with Crippen molar-refractivity contribution in [3.8, 4) is 11.8 Å². The van der Waals surface area contributed by atoms with Crippen LogP contribution in [0.25, 0.3) is 6.08 Å². The Hall–Kier alpha value is -1.74. The molecule has 0 N–H and O–H groups in total. The summed E-state index contributed by atoms with van der Waals surface area (Å²) >= 11 is 3.15. The van der Waals surface area contributed by atoms with Crippen LogP contribution < -0.4 is 4.74 Å². The number of allylic oxidation sites excluding steroid dienone is 1. The molecule has 0 aromatic heterocycles. The number of carbonyl (C=O) groups excluding carboxylic acids is 1. The van der Waals surface area contributed by atoms with E-state index in [1.165, 1.54) is 6.07 Å². The zero-order chi connectivity index (χ0) is 14.0. The summed E-state index contributed by atoms with van der Waals surface area (Å²) in [6.07, 6.45) is 1.84. The molecule has 19 heavy (non-hydrogen) atoms. The van der Waals surface area contributed by atoms with E-state index in [1.807, 2.05) is 0 Å². The molecule has 1 aromatic carbocycles. The topological polar surface area (TPSA) is 50.1 Å². The lowest BCUT2D eigenvalue weighted by molar-refractivity contribution is -0.114. The summed E-state index contributed by atoms with van der Waals surface area (Å²) in [5.74, 6) is -0.217. The molecule has 0 atom stereocenters. The lowest BCUT2D eigenvalue weighted by Gasteiger charge is -2.09. The number of benzene rings is 1. The van der Waals surface area contributed by atoms with E-state index in [-0.39, 0.29) is 18.0 Å². The second-order valence-corrected chi connectivity index (χ2v) is 4.82. The first kappa shape index (κ1) is 13.7. The number of fused-ring (bicyclic) bond motifs is 1. The number of hydrogen-bond acceptors (Lipinski definition) is 3. The fraction of sp³-hybridized carbons (Fsp3) is 0.231. The highest BCUT2D eigenvalue weighted by Gasteiger charge is 2.21. The van der Waals surface area contributed by atoms with Crippen LogP contribution in [-0.2, 0) is 11.2 Å². The van der Waals surface area contributed by atoms with E-state index in [2.05, 4.69) is 20.7 Å². The van der Waals surface area contributed by atoms with Gasteiger partial charge in [-0.05, 0) is 45.3 Å². The van der Waals surface area contributed by atoms with Gasteiger partial charge in [0.2, 0.25) is 0 Å². The van der Waals surface area contributed by atoms with Crippen LogP contribution in [0.4, 0.5) is 8.78 Å². The number of rotatable bonds is 4. The van der Waals surface area contributed by atoms with Crippen molar-refractivity contribution in [2.24, 2.45) is 0 Å². The van der Waals surface area contributed by atoms with Crippen molar-refractivity contribution in [3.05, 3.63) is 33.3 Å². The molecule has 0 amide bonds. The zero-order valence-corrected chi connectivity index (χ0v) is 11.2. The van der Waals surface area contributed by atoms with Crippen molar-refractivity contribution >= 4 is 27.8 Å². The van der Waals surface area contributed by atoms with Crippen LogP contribution in [0.3, 0.4) is 0 Å². The van der Waals surface area contributed by atoms with E-state index in [0.29, 0.717) is 22.0 Å². The quantitative estimate of drug-likeness (QED) is 0.850. The first-order valence-corrected chi connectivity index (χ1v) is 6.18. The Morgan fingerprint density at radius 2 is 2.26 bits per heavy atom. The van der Waals surface area contributed by atoms with Gasteiger partial charge >= 0.3 is 6.61 Å². The summed E-state index contributed by atoms with van der Waals surface area (Å²) in [6.45, 7) is -2.90. The summed E-state index contributed by atoms with van der Waals surface area (Å²) in [5, 5.41) is 8.49. The lowest BCUT2D eigenvalue weighted by atomic mass is 10.1. The van der Waals surface area contributed by atoms with Crippen molar-refractivity contribution in [3.63, 3.8) is 0 Å². The van der Waals surface area contributed by atoms with Crippen LogP contribution in [-0.4, -0.2) is 12.4 Å². The Labute approximate surface area is 116 Å². The van der Waals surface area contributed by atoms with Crippen molar-refractivity contribution in [1.29, 1.82) is 5.26 Å². The number of alkyl halides is 2. The molecule has 0 aliphatic heterocycles. The summed E-state index contributed by atoms with van der Waals surface area (Å²) in [5.41, 5.74) is 2.02. The Bertz CT molecular complexity index is 605. The maximum atomic E-state index is 12.2. The average molecular weight is 328 g/mol. The second kappa shape index (κ2) is 5.49. The molecule has 1 aromatic rings. The van der Waals surface area contributed by atoms with Crippen LogP contribution in [0, 0.1) is 11.3 Å². The van der Waals surface area contributed by atoms with Gasteiger partial charge in [0.15, 0.2) is 5.78 Å². The Morgan fingerprint density at radius 3 is 2.89 bits per heavy atom. The molecular formula is C13H8BrF2NO2. The van der Waals surface area contributed by atoms with E-state index in [1.54, 1.807) is 18.2 Å². The summed E-state index contributed by atoms with van der Waals surface area (Å²) in [6, 6.07) is 4.90. The molecule has 0 fully saturated rings. The van der Waals surface area contributed by atoms with Gasteiger partial charge in [0, 0.05) is 12.0 Å². The minimum absolute atomic E-state index is 0.0268. The van der Waals surface area contributed by atoms with Gasteiger partial charge in [-0.2, -0.15) is 14.0 Å². The fourth-order valence-corrected chi connectivity index (χ4v) is 2.38. The number of Topliss-reactive ketones (excluding diaryl/α,β-unsaturated/α-hetero) is 1. The first-order valence-electron chi connectivity index (χ1n) is 5.39. The van der Waals surface area contributed by atoms with Gasteiger partial charge in [0.25, 0.3) is 0 Å². The molecular weight excluding hydrogens is 320 g/mol. The Morgan fingerprint density at radius 1 is 1.53 bits per heavy atom. The van der Waals surface area contributed by atoms with Crippen molar-refractivity contribution in [2.75, 3.05) is 0 Å². The molecule has 2 rings (SSSR count). The van der Waals surface area contributed by atoms with Crippen LogP contribution in [0.1, 0.15) is 17.5 Å². The van der Waals surface area contributed by atoms with E-state index >= 15 is 0 Å². The first-order chi connectivity index (χ1) is 9.01. The highest BCUT2D eigenvalue weighted by atomic mass is 79.9. The number of ketones is 1. The summed E-state index contributed by atoms with van der Waals surface area (Å²) < 4.78 is 29.2. The molecule has 1 aliphatic rings. The third-order valence-electron chi connectivity index (χ3n) is 2.72. The Balaban J connectivity index is 2.29. The van der Waals surface area contributed by atoms with Crippen LogP contribution in [0.15, 0.2) is 22.2 Å². The number of hydrogen-bond donors (Lipinski definition) is 0.